The predicted octanol–water partition coefficient (Wildman–Crippen LogP) is 3.02. The van der Waals surface area contributed by atoms with E-state index in [2.05, 4.69) is 5.16 Å². The molecule has 0 heterocycles. The molecule has 2 unspecified atom stereocenters. The molecule has 0 aliphatic carbocycles. The maximum Gasteiger partial charge on any atom is 0.236 e. The third-order valence-corrected chi connectivity index (χ3v) is 4.45. The van der Waals surface area contributed by atoms with Crippen LogP contribution in [0.4, 0.5) is 0 Å². The molecule has 21 heavy (non-hydrogen) atoms. The molecule has 1 aromatic carbocycles. The van der Waals surface area contributed by atoms with Crippen molar-refractivity contribution in [1.82, 2.24) is 4.90 Å². The Morgan fingerprint density at radius 2 is 2.10 bits per heavy atom. The Hall–Kier alpha value is -1.75. The highest BCUT2D eigenvalue weighted by molar-refractivity contribution is 6.31. The molecule has 0 radical (unpaired) electrons. The van der Waals surface area contributed by atoms with Gasteiger partial charge in [0.05, 0.1) is 6.04 Å². The van der Waals surface area contributed by atoms with Gasteiger partial charge in [-0.2, -0.15) is 0 Å². The minimum absolute atomic E-state index is 0.0896. The van der Waals surface area contributed by atoms with Gasteiger partial charge in [0.2, 0.25) is 5.91 Å². The van der Waals surface area contributed by atoms with Crippen molar-refractivity contribution >= 4 is 23.3 Å². The average molecular weight is 312 g/mol. The zero-order valence-corrected chi connectivity index (χ0v) is 13.6. The summed E-state index contributed by atoms with van der Waals surface area (Å²) < 4.78 is 0. The van der Waals surface area contributed by atoms with Crippen LogP contribution in [0.3, 0.4) is 0 Å². The fourth-order valence-electron chi connectivity index (χ4n) is 2.14. The Morgan fingerprint density at radius 1 is 1.52 bits per heavy atom. The first-order valence-corrected chi connectivity index (χ1v) is 7.17. The highest BCUT2D eigenvalue weighted by Gasteiger charge is 2.40. The molecule has 1 amide bonds. The highest BCUT2D eigenvalue weighted by atomic mass is 35.5. The number of nitrogens with zero attached hydrogens (tertiary/aromatic N) is 2. The molecule has 0 spiro atoms. The molecule has 0 saturated carbocycles. The second-order valence-corrected chi connectivity index (χ2v) is 5.69. The van der Waals surface area contributed by atoms with Crippen LogP contribution in [0.25, 0.3) is 0 Å². The minimum Gasteiger partial charge on any atom is -0.409 e. The summed E-state index contributed by atoms with van der Waals surface area (Å²) in [7, 11) is 1.69. The van der Waals surface area contributed by atoms with Crippen LogP contribution >= 0.6 is 11.6 Å². The number of carbonyl (C=O) groups excluding carboxylic acids is 1. The number of nitrogens with two attached hydrogens (primary N) is 1. The van der Waals surface area contributed by atoms with Crippen LogP contribution in [0.2, 0.25) is 5.02 Å². The van der Waals surface area contributed by atoms with Gasteiger partial charge in [-0.1, -0.05) is 41.9 Å². The first kappa shape index (κ1) is 17.3. The molecule has 0 aliphatic rings. The highest BCUT2D eigenvalue weighted by Crippen LogP contribution is 2.31. The molecular formula is C15H22ClN3O2. The fourth-order valence-corrected chi connectivity index (χ4v) is 2.43. The van der Waals surface area contributed by atoms with Gasteiger partial charge in [0.15, 0.2) is 5.84 Å². The van der Waals surface area contributed by atoms with Crippen molar-refractivity contribution in [3.63, 3.8) is 0 Å². The zero-order chi connectivity index (χ0) is 16.2. The van der Waals surface area contributed by atoms with Crippen molar-refractivity contribution in [3.8, 4) is 0 Å². The van der Waals surface area contributed by atoms with E-state index in [4.69, 9.17) is 22.5 Å². The summed E-state index contributed by atoms with van der Waals surface area (Å²) in [4.78, 5) is 14.3. The number of hydrogen-bond donors (Lipinski definition) is 2. The molecule has 2 atom stereocenters. The molecule has 0 aromatic heterocycles. The van der Waals surface area contributed by atoms with E-state index in [0.29, 0.717) is 11.4 Å². The summed E-state index contributed by atoms with van der Waals surface area (Å²) in [5.74, 6) is -0.305. The topological polar surface area (TPSA) is 78.9 Å². The van der Waals surface area contributed by atoms with E-state index in [0.717, 1.165) is 5.56 Å². The van der Waals surface area contributed by atoms with Gasteiger partial charge in [0, 0.05) is 12.1 Å². The van der Waals surface area contributed by atoms with E-state index in [1.54, 1.807) is 24.9 Å². The average Bonchev–Trinajstić information content (AvgIpc) is 2.51. The Morgan fingerprint density at radius 3 is 2.57 bits per heavy atom. The lowest BCUT2D eigenvalue weighted by Crippen LogP contribution is -2.48. The summed E-state index contributed by atoms with van der Waals surface area (Å²) in [5, 5.41) is 12.5. The quantitative estimate of drug-likeness (QED) is 0.380. The van der Waals surface area contributed by atoms with Crippen LogP contribution in [0.1, 0.15) is 38.8 Å². The van der Waals surface area contributed by atoms with Crippen LogP contribution in [0, 0.1) is 5.41 Å². The molecule has 5 nitrogen and oxygen atoms in total. The summed E-state index contributed by atoms with van der Waals surface area (Å²) in [5.41, 5.74) is 5.51. The molecule has 0 bridgehead atoms. The maximum atomic E-state index is 12.7. The number of rotatable bonds is 5. The first-order valence-electron chi connectivity index (χ1n) is 6.79. The van der Waals surface area contributed by atoms with Crippen LogP contribution < -0.4 is 5.73 Å². The molecule has 0 saturated heterocycles. The summed E-state index contributed by atoms with van der Waals surface area (Å²) in [6.45, 7) is 5.38. The van der Waals surface area contributed by atoms with Gasteiger partial charge < -0.3 is 15.8 Å². The van der Waals surface area contributed by atoms with Gasteiger partial charge in [-0.05, 0) is 31.9 Å². The molecular weight excluding hydrogens is 290 g/mol. The van der Waals surface area contributed by atoms with Crippen molar-refractivity contribution in [3.05, 3.63) is 34.9 Å². The van der Waals surface area contributed by atoms with Gasteiger partial charge in [-0.25, -0.2) is 0 Å². The number of benzene rings is 1. The lowest BCUT2D eigenvalue weighted by atomic mass is 9.84. The molecule has 0 aliphatic heterocycles. The van der Waals surface area contributed by atoms with Gasteiger partial charge in [-0.15, -0.1) is 0 Å². The maximum absolute atomic E-state index is 12.7. The molecule has 3 N–H and O–H groups in total. The predicted molar refractivity (Wildman–Crippen MR) is 84.4 cm³/mol. The van der Waals surface area contributed by atoms with E-state index in [9.17, 15) is 4.79 Å². The number of carbonyl (C=O) groups is 1. The van der Waals surface area contributed by atoms with Gasteiger partial charge >= 0.3 is 0 Å². The van der Waals surface area contributed by atoms with E-state index >= 15 is 0 Å². The van der Waals surface area contributed by atoms with Crippen LogP contribution in [-0.2, 0) is 4.79 Å². The normalized spacial score (nSPS) is 16.1. The van der Waals surface area contributed by atoms with Crippen LogP contribution in [0.15, 0.2) is 29.4 Å². The second kappa shape index (κ2) is 6.80. The summed E-state index contributed by atoms with van der Waals surface area (Å²) in [6.07, 6.45) is 0.432. The summed E-state index contributed by atoms with van der Waals surface area (Å²) >= 11 is 6.18. The Bertz CT molecular complexity index is 547. The largest absolute Gasteiger partial charge is 0.409 e. The number of amides is 1. The summed E-state index contributed by atoms with van der Waals surface area (Å²) in [6, 6.07) is 7.16. The van der Waals surface area contributed by atoms with Crippen molar-refractivity contribution in [2.75, 3.05) is 7.05 Å². The zero-order valence-electron chi connectivity index (χ0n) is 12.8. The standard InChI is InChI=1S/C15H22ClN3O2/c1-5-15(3,13(17)18-21)14(20)19(4)10(2)11-8-6-7-9-12(11)16/h6-10,21H,5H2,1-4H3,(H2,17,18). The smallest absolute Gasteiger partial charge is 0.236 e. The number of hydrogen-bond acceptors (Lipinski definition) is 3. The lowest BCUT2D eigenvalue weighted by molar-refractivity contribution is -0.138. The van der Waals surface area contributed by atoms with Gasteiger partial charge in [0.25, 0.3) is 0 Å². The van der Waals surface area contributed by atoms with Crippen molar-refractivity contribution in [2.45, 2.75) is 33.2 Å². The number of oxime groups is 1. The van der Waals surface area contributed by atoms with Crippen molar-refractivity contribution < 1.29 is 10.0 Å². The van der Waals surface area contributed by atoms with E-state index in [1.807, 2.05) is 32.0 Å². The molecule has 0 fully saturated rings. The Balaban J connectivity index is 3.10. The van der Waals surface area contributed by atoms with Crippen LogP contribution in [0.5, 0.6) is 0 Å². The first-order chi connectivity index (χ1) is 9.79. The monoisotopic (exact) mass is 311 g/mol. The molecule has 1 aromatic rings. The fraction of sp³-hybridized carbons (Fsp3) is 0.467. The van der Waals surface area contributed by atoms with E-state index in [-0.39, 0.29) is 17.8 Å². The van der Waals surface area contributed by atoms with Crippen LogP contribution in [-0.4, -0.2) is 28.9 Å². The Kier molecular flexibility index (Phi) is 5.61. The third kappa shape index (κ3) is 3.29. The van der Waals surface area contributed by atoms with Crippen molar-refractivity contribution in [1.29, 1.82) is 0 Å². The van der Waals surface area contributed by atoms with Crippen molar-refractivity contribution in [2.24, 2.45) is 16.3 Å². The molecule has 116 valence electrons. The van der Waals surface area contributed by atoms with E-state index in [1.165, 1.54) is 0 Å². The Labute approximate surface area is 130 Å². The minimum atomic E-state index is -1.04. The SMILES string of the molecule is CCC(C)(C(=O)N(C)C(C)c1ccccc1Cl)/C(N)=N/O. The van der Waals surface area contributed by atoms with E-state index < -0.39 is 5.41 Å². The lowest BCUT2D eigenvalue weighted by Gasteiger charge is -2.34. The van der Waals surface area contributed by atoms with Gasteiger partial charge in [-0.3, -0.25) is 4.79 Å². The molecule has 6 heteroatoms. The van der Waals surface area contributed by atoms with Gasteiger partial charge in [0.1, 0.15) is 5.41 Å². The number of halogens is 1. The third-order valence-electron chi connectivity index (χ3n) is 4.11. The molecule has 1 rings (SSSR count). The number of amidine groups is 1. The second-order valence-electron chi connectivity index (χ2n) is 5.28.